The Morgan fingerprint density at radius 1 is 1.14 bits per heavy atom. The van der Waals surface area contributed by atoms with E-state index in [1.54, 1.807) is 0 Å². The standard InChI is InChI=1S/C22H24N6O/c1-14-8-22(29-25-14)16-9-21-20(6-7-24-27(21)11-16)26-12-17-3-4-18(13-26)28(17)19-5-2-15(19)10-23/h6-9,11,15,17-19H,2-5,12-13H2,1H3. The molecule has 3 aromatic rings. The molecule has 6 rings (SSSR count). The van der Waals surface area contributed by atoms with Crippen LogP contribution in [0.25, 0.3) is 16.8 Å². The first-order valence-electron chi connectivity index (χ1n) is 10.5. The molecule has 4 unspecified atom stereocenters. The molecule has 148 valence electrons. The van der Waals surface area contributed by atoms with Crippen LogP contribution in [0.4, 0.5) is 5.69 Å². The summed E-state index contributed by atoms with van der Waals surface area (Å²) in [5, 5.41) is 17.9. The van der Waals surface area contributed by atoms with E-state index in [1.165, 1.54) is 24.9 Å². The van der Waals surface area contributed by atoms with Gasteiger partial charge in [-0.05, 0) is 44.7 Å². The van der Waals surface area contributed by atoms with Gasteiger partial charge in [0.25, 0.3) is 0 Å². The number of aromatic nitrogens is 3. The van der Waals surface area contributed by atoms with Gasteiger partial charge in [0.15, 0.2) is 5.76 Å². The van der Waals surface area contributed by atoms with E-state index in [-0.39, 0.29) is 5.92 Å². The van der Waals surface area contributed by atoms with Gasteiger partial charge in [-0.3, -0.25) is 4.90 Å². The highest BCUT2D eigenvalue weighted by atomic mass is 16.5. The molecule has 3 fully saturated rings. The Balaban J connectivity index is 1.31. The molecule has 0 amide bonds. The molecule has 7 nitrogen and oxygen atoms in total. The van der Waals surface area contributed by atoms with Crippen LogP contribution in [-0.2, 0) is 0 Å². The summed E-state index contributed by atoms with van der Waals surface area (Å²) in [6.45, 7) is 3.97. The van der Waals surface area contributed by atoms with E-state index >= 15 is 0 Å². The third-order valence-electron chi connectivity index (χ3n) is 7.06. The minimum atomic E-state index is 0.232. The summed E-state index contributed by atoms with van der Waals surface area (Å²) in [7, 11) is 0. The molecule has 4 atom stereocenters. The number of rotatable bonds is 3. The minimum Gasteiger partial charge on any atom is -0.367 e. The van der Waals surface area contributed by atoms with Crippen LogP contribution >= 0.6 is 0 Å². The van der Waals surface area contributed by atoms with Gasteiger partial charge in [-0.25, -0.2) is 4.52 Å². The predicted molar refractivity (Wildman–Crippen MR) is 108 cm³/mol. The van der Waals surface area contributed by atoms with Gasteiger partial charge in [-0.1, -0.05) is 5.16 Å². The van der Waals surface area contributed by atoms with Gasteiger partial charge >= 0.3 is 0 Å². The second-order valence-corrected chi connectivity index (χ2v) is 8.73. The molecule has 0 aromatic carbocycles. The molecule has 1 aliphatic carbocycles. The van der Waals surface area contributed by atoms with E-state index in [0.29, 0.717) is 18.1 Å². The molecular weight excluding hydrogens is 364 g/mol. The summed E-state index contributed by atoms with van der Waals surface area (Å²) in [6, 6.07) is 10.3. The first kappa shape index (κ1) is 17.0. The number of fused-ring (bicyclic) bond motifs is 3. The van der Waals surface area contributed by atoms with Crippen LogP contribution in [0.2, 0.25) is 0 Å². The highest BCUT2D eigenvalue weighted by Crippen LogP contribution is 2.42. The average molecular weight is 388 g/mol. The van der Waals surface area contributed by atoms with Crippen LogP contribution in [0.3, 0.4) is 0 Å². The Labute approximate surface area is 169 Å². The largest absolute Gasteiger partial charge is 0.367 e. The zero-order valence-corrected chi connectivity index (χ0v) is 16.5. The topological polar surface area (TPSA) is 73.6 Å². The van der Waals surface area contributed by atoms with Crippen LogP contribution in [0.15, 0.2) is 35.1 Å². The summed E-state index contributed by atoms with van der Waals surface area (Å²) >= 11 is 0. The third kappa shape index (κ3) is 2.59. The lowest BCUT2D eigenvalue weighted by atomic mass is 9.78. The molecule has 1 saturated carbocycles. The van der Waals surface area contributed by atoms with Gasteiger partial charge in [-0.2, -0.15) is 10.4 Å². The van der Waals surface area contributed by atoms with Gasteiger partial charge in [0, 0.05) is 55.2 Å². The molecular formula is C22H24N6O. The Morgan fingerprint density at radius 2 is 1.97 bits per heavy atom. The fourth-order valence-corrected chi connectivity index (χ4v) is 5.57. The Bertz CT molecular complexity index is 1100. The minimum absolute atomic E-state index is 0.232. The van der Waals surface area contributed by atoms with E-state index in [2.05, 4.69) is 38.3 Å². The van der Waals surface area contributed by atoms with Crippen molar-refractivity contribution in [3.63, 3.8) is 0 Å². The molecule has 29 heavy (non-hydrogen) atoms. The maximum absolute atomic E-state index is 9.42. The number of anilines is 1. The second-order valence-electron chi connectivity index (χ2n) is 8.73. The van der Waals surface area contributed by atoms with Crippen LogP contribution in [0.5, 0.6) is 0 Å². The fraction of sp³-hybridized carbons (Fsp3) is 0.500. The second kappa shape index (κ2) is 6.33. The average Bonchev–Trinajstić information content (AvgIpc) is 3.37. The van der Waals surface area contributed by atoms with E-state index in [9.17, 15) is 5.26 Å². The lowest BCUT2D eigenvalue weighted by molar-refractivity contribution is 0.0354. The summed E-state index contributed by atoms with van der Waals surface area (Å²) in [6.07, 6.45) is 8.62. The highest BCUT2D eigenvalue weighted by molar-refractivity contribution is 5.78. The fourth-order valence-electron chi connectivity index (χ4n) is 5.57. The summed E-state index contributed by atoms with van der Waals surface area (Å²) in [4.78, 5) is 5.21. The zero-order chi connectivity index (χ0) is 19.5. The van der Waals surface area contributed by atoms with Crippen molar-refractivity contribution >= 4 is 11.2 Å². The molecule has 3 aliphatic rings. The number of nitrogens with zero attached hydrogens (tertiary/aromatic N) is 6. The van der Waals surface area contributed by atoms with Crippen molar-refractivity contribution in [1.29, 1.82) is 5.26 Å². The van der Waals surface area contributed by atoms with E-state index in [0.717, 1.165) is 42.0 Å². The first-order valence-corrected chi connectivity index (χ1v) is 10.5. The maximum atomic E-state index is 9.42. The number of hydrogen-bond donors (Lipinski definition) is 0. The third-order valence-corrected chi connectivity index (χ3v) is 7.06. The molecule has 2 aliphatic heterocycles. The van der Waals surface area contributed by atoms with Crippen molar-refractivity contribution in [3.8, 4) is 17.4 Å². The van der Waals surface area contributed by atoms with Crippen LogP contribution in [-0.4, -0.2) is 50.9 Å². The zero-order valence-electron chi connectivity index (χ0n) is 16.5. The summed E-state index contributed by atoms with van der Waals surface area (Å²) < 4.78 is 7.39. The van der Waals surface area contributed by atoms with Crippen LogP contribution < -0.4 is 4.90 Å². The Hall–Kier alpha value is -2.85. The molecule has 3 aromatic heterocycles. The normalized spacial score (nSPS) is 29.2. The van der Waals surface area contributed by atoms with Gasteiger partial charge in [0.05, 0.1) is 28.9 Å². The maximum Gasteiger partial charge on any atom is 0.168 e. The monoisotopic (exact) mass is 388 g/mol. The van der Waals surface area contributed by atoms with Crippen molar-refractivity contribution in [1.82, 2.24) is 19.7 Å². The van der Waals surface area contributed by atoms with Gasteiger partial charge in [0.1, 0.15) is 0 Å². The smallest absolute Gasteiger partial charge is 0.168 e. The molecule has 2 bridgehead atoms. The van der Waals surface area contributed by atoms with E-state index in [4.69, 9.17) is 4.52 Å². The summed E-state index contributed by atoms with van der Waals surface area (Å²) in [5.74, 6) is 1.01. The molecule has 0 spiro atoms. The number of aryl methyl sites for hydroxylation is 1. The number of nitriles is 1. The van der Waals surface area contributed by atoms with Crippen molar-refractivity contribution in [2.75, 3.05) is 18.0 Å². The Kier molecular flexibility index (Phi) is 3.72. The molecule has 0 radical (unpaired) electrons. The number of hydrogen-bond acceptors (Lipinski definition) is 6. The van der Waals surface area contributed by atoms with Crippen molar-refractivity contribution < 1.29 is 4.52 Å². The van der Waals surface area contributed by atoms with Crippen molar-refractivity contribution in [3.05, 3.63) is 36.3 Å². The number of piperazine rings is 1. The van der Waals surface area contributed by atoms with Crippen LogP contribution in [0, 0.1) is 24.2 Å². The highest BCUT2D eigenvalue weighted by Gasteiger charge is 2.48. The van der Waals surface area contributed by atoms with Crippen molar-refractivity contribution in [2.24, 2.45) is 5.92 Å². The molecule has 5 heterocycles. The summed E-state index contributed by atoms with van der Waals surface area (Å²) in [5.41, 5.74) is 4.20. The SMILES string of the molecule is Cc1cc(-c2cc3c(N4CC5CCC(C4)N5C4CCC4C#N)ccnn3c2)on1. The molecule has 7 heteroatoms. The molecule has 0 N–H and O–H groups in total. The van der Waals surface area contributed by atoms with Crippen molar-refractivity contribution in [2.45, 2.75) is 50.7 Å². The molecule has 2 saturated heterocycles. The predicted octanol–water partition coefficient (Wildman–Crippen LogP) is 3.25. The van der Waals surface area contributed by atoms with Crippen LogP contribution in [0.1, 0.15) is 31.4 Å². The lowest BCUT2D eigenvalue weighted by Gasteiger charge is -2.50. The van der Waals surface area contributed by atoms with E-state index < -0.39 is 0 Å². The van der Waals surface area contributed by atoms with E-state index in [1.807, 2.05) is 29.9 Å². The Morgan fingerprint density at radius 3 is 2.62 bits per heavy atom. The lowest BCUT2D eigenvalue weighted by Crippen LogP contribution is -2.61. The van der Waals surface area contributed by atoms with Gasteiger partial charge in [0.2, 0.25) is 0 Å². The van der Waals surface area contributed by atoms with Gasteiger partial charge in [-0.15, -0.1) is 0 Å². The quantitative estimate of drug-likeness (QED) is 0.686. The van der Waals surface area contributed by atoms with Gasteiger partial charge < -0.3 is 9.42 Å². The first-order chi connectivity index (χ1) is 14.2.